The fourth-order valence-corrected chi connectivity index (χ4v) is 11.4. The highest BCUT2D eigenvalue weighted by Gasteiger charge is 2.50. The second kappa shape index (κ2) is 16.1. The van der Waals surface area contributed by atoms with E-state index in [1.54, 1.807) is 12.4 Å². The molecule has 2 aromatic heterocycles. The van der Waals surface area contributed by atoms with Crippen molar-refractivity contribution >= 4 is 17.4 Å². The van der Waals surface area contributed by atoms with E-state index < -0.39 is 18.0 Å². The number of ketones is 1. The van der Waals surface area contributed by atoms with Gasteiger partial charge in [-0.3, -0.25) is 4.79 Å². The quantitative estimate of drug-likeness (QED) is 0.128. The van der Waals surface area contributed by atoms with Crippen molar-refractivity contribution in [2.24, 2.45) is 0 Å². The number of rotatable bonds is 10. The van der Waals surface area contributed by atoms with Crippen LogP contribution in [0.4, 0.5) is 11.6 Å². The summed E-state index contributed by atoms with van der Waals surface area (Å²) in [5.41, 5.74) is 10.9. The third-order valence-corrected chi connectivity index (χ3v) is 14.5. The molecule has 2 N–H and O–H groups in total. The van der Waals surface area contributed by atoms with Gasteiger partial charge in [0.15, 0.2) is 23.0 Å². The van der Waals surface area contributed by atoms with Gasteiger partial charge in [-0.1, -0.05) is 100 Å². The maximum atomic E-state index is 15.1. The number of hydrogen-bond acceptors (Lipinski definition) is 11. The molecule has 4 unspecified atom stereocenters. The highest BCUT2D eigenvalue weighted by molar-refractivity contribution is 6.12. The SMILES string of the molecule is COc1cnc(N2CCC3(CC(O)c4cc(-c5ccccc5C(C)C)ccc43)C2)c(C(=O)c2nc(OC)cnc2N2CCC3(CC(O)c4cc(-c5ccccc5C(C)C)ccc43)C2)n1. The molecule has 2 spiro atoms. The zero-order valence-electron chi connectivity index (χ0n) is 37.5. The number of aromatic nitrogens is 4. The van der Waals surface area contributed by atoms with E-state index >= 15 is 4.79 Å². The molecule has 0 bridgehead atoms. The number of ether oxygens (including phenoxy) is 2. The molecule has 10 rings (SSSR count). The minimum Gasteiger partial charge on any atom is -0.480 e. The summed E-state index contributed by atoms with van der Waals surface area (Å²) in [7, 11) is 3.02. The Kier molecular flexibility index (Phi) is 10.5. The number of methoxy groups -OCH3 is 2. The topological polar surface area (TPSA) is 134 Å². The van der Waals surface area contributed by atoms with E-state index in [1.807, 2.05) is 0 Å². The van der Waals surface area contributed by atoms with Crippen LogP contribution in [0.15, 0.2) is 97.3 Å². The van der Waals surface area contributed by atoms with Gasteiger partial charge in [0.1, 0.15) is 0 Å². The molecule has 2 fully saturated rings. The number of nitrogens with zero attached hydrogens (tertiary/aromatic N) is 6. The number of aliphatic hydroxyl groups excluding tert-OH is 2. The van der Waals surface area contributed by atoms with Crippen molar-refractivity contribution in [3.8, 4) is 34.0 Å². The van der Waals surface area contributed by atoms with Crippen LogP contribution in [0.5, 0.6) is 11.8 Å². The molecule has 2 aliphatic heterocycles. The normalized spacial score (nSPS) is 22.3. The van der Waals surface area contributed by atoms with E-state index in [9.17, 15) is 10.2 Å². The average Bonchev–Trinajstić information content (AvgIpc) is 4.08. The van der Waals surface area contributed by atoms with E-state index in [0.717, 1.165) is 46.2 Å². The zero-order chi connectivity index (χ0) is 44.5. The minimum absolute atomic E-state index is 0.115. The largest absolute Gasteiger partial charge is 0.480 e. The number of fused-ring (bicyclic) bond motifs is 4. The molecule has 0 saturated carbocycles. The van der Waals surface area contributed by atoms with Crippen molar-refractivity contribution in [3.05, 3.63) is 142 Å². The van der Waals surface area contributed by atoms with E-state index in [1.165, 1.54) is 36.5 Å². The standard InChI is InChI=1S/C53H56N6O5/c1-31(2)35-11-7-9-13-37(35)33-15-17-41-39(23-33)43(60)25-52(41)19-21-58(29-52)50-47(56-45(63-5)27-54-50)49(62)48-51(55-28-46(57-48)64-6)59-22-20-53(30-59)26-44(61)40-24-34(16-18-42(40)53)38-14-10-8-12-36(38)32(3)4/h7-18,23-24,27-28,31-32,43-44,60-61H,19-22,25-26,29-30H2,1-6H3. The first-order chi connectivity index (χ1) is 30.9. The number of benzene rings is 4. The molecular weight excluding hydrogens is 801 g/mol. The summed E-state index contributed by atoms with van der Waals surface area (Å²) in [5.74, 6) is 1.58. The van der Waals surface area contributed by atoms with Crippen LogP contribution < -0.4 is 19.3 Å². The zero-order valence-corrected chi connectivity index (χ0v) is 37.5. The van der Waals surface area contributed by atoms with E-state index in [-0.39, 0.29) is 34.0 Å². The van der Waals surface area contributed by atoms with Gasteiger partial charge in [-0.05, 0) is 105 Å². The summed E-state index contributed by atoms with van der Waals surface area (Å²) in [6.45, 7) is 11.2. The fourth-order valence-electron chi connectivity index (χ4n) is 11.4. The van der Waals surface area contributed by atoms with Crippen molar-refractivity contribution in [3.63, 3.8) is 0 Å². The first-order valence-corrected chi connectivity index (χ1v) is 22.6. The van der Waals surface area contributed by atoms with E-state index in [4.69, 9.17) is 29.4 Å². The van der Waals surface area contributed by atoms with Crippen LogP contribution in [-0.4, -0.2) is 76.3 Å². The van der Waals surface area contributed by atoms with Gasteiger partial charge in [0.2, 0.25) is 17.5 Å². The summed E-state index contributed by atoms with van der Waals surface area (Å²) in [6, 6.07) is 30.1. The smallest absolute Gasteiger partial charge is 0.237 e. The monoisotopic (exact) mass is 856 g/mol. The maximum Gasteiger partial charge on any atom is 0.237 e. The number of carbonyl (C=O) groups excluding carboxylic acids is 1. The van der Waals surface area contributed by atoms with Crippen LogP contribution in [0, 0.1) is 0 Å². The van der Waals surface area contributed by atoms with E-state index in [2.05, 4.69) is 122 Å². The lowest BCUT2D eigenvalue weighted by Crippen LogP contribution is -2.32. The molecule has 11 heteroatoms. The Morgan fingerprint density at radius 2 is 1.06 bits per heavy atom. The van der Waals surface area contributed by atoms with Gasteiger partial charge >= 0.3 is 0 Å². The van der Waals surface area contributed by atoms with Crippen LogP contribution >= 0.6 is 0 Å². The Balaban J connectivity index is 0.957. The molecule has 0 radical (unpaired) electrons. The van der Waals surface area contributed by atoms with Crippen molar-refractivity contribution in [1.82, 2.24) is 19.9 Å². The number of hydrogen-bond donors (Lipinski definition) is 2. The molecule has 2 aliphatic carbocycles. The Morgan fingerprint density at radius 3 is 1.47 bits per heavy atom. The van der Waals surface area contributed by atoms with Gasteiger partial charge in [-0.15, -0.1) is 0 Å². The summed E-state index contributed by atoms with van der Waals surface area (Å²) in [4.78, 5) is 38.5. The predicted octanol–water partition coefficient (Wildman–Crippen LogP) is 9.27. The minimum atomic E-state index is -0.612. The average molecular weight is 857 g/mol. The summed E-state index contributed by atoms with van der Waals surface area (Å²) >= 11 is 0. The molecule has 64 heavy (non-hydrogen) atoms. The molecule has 4 aliphatic rings. The van der Waals surface area contributed by atoms with Crippen LogP contribution in [0.25, 0.3) is 22.3 Å². The first kappa shape index (κ1) is 41.8. The lowest BCUT2D eigenvalue weighted by atomic mass is 9.80. The Hall–Kier alpha value is -6.17. The Morgan fingerprint density at radius 1 is 0.641 bits per heavy atom. The van der Waals surface area contributed by atoms with Crippen molar-refractivity contribution in [2.45, 2.75) is 88.3 Å². The highest BCUT2D eigenvalue weighted by Crippen LogP contribution is 2.54. The molecular formula is C53H56N6O5. The lowest BCUT2D eigenvalue weighted by Gasteiger charge is -2.27. The first-order valence-electron chi connectivity index (χ1n) is 22.6. The summed E-state index contributed by atoms with van der Waals surface area (Å²) in [5, 5.41) is 23.3. The van der Waals surface area contributed by atoms with Crippen molar-refractivity contribution < 1.29 is 24.5 Å². The van der Waals surface area contributed by atoms with Crippen molar-refractivity contribution in [2.75, 3.05) is 50.2 Å². The predicted molar refractivity (Wildman–Crippen MR) is 249 cm³/mol. The van der Waals surface area contributed by atoms with Gasteiger partial charge in [-0.2, -0.15) is 0 Å². The molecule has 6 aromatic rings. The summed E-state index contributed by atoms with van der Waals surface area (Å²) in [6.07, 6.45) is 4.58. The Labute approximate surface area is 375 Å². The number of anilines is 2. The molecule has 2 saturated heterocycles. The molecule has 11 nitrogen and oxygen atoms in total. The molecule has 4 aromatic carbocycles. The maximum absolute atomic E-state index is 15.1. The lowest BCUT2D eigenvalue weighted by molar-refractivity contribution is 0.102. The molecule has 0 amide bonds. The van der Waals surface area contributed by atoms with Gasteiger partial charge in [0.25, 0.3) is 0 Å². The number of carbonyl (C=O) groups is 1. The summed E-state index contributed by atoms with van der Waals surface area (Å²) < 4.78 is 11.1. The molecule has 4 heterocycles. The third-order valence-electron chi connectivity index (χ3n) is 14.5. The van der Waals surface area contributed by atoms with Crippen molar-refractivity contribution in [1.29, 1.82) is 0 Å². The van der Waals surface area contributed by atoms with Crippen LogP contribution in [0.1, 0.15) is 127 Å². The van der Waals surface area contributed by atoms with Crippen LogP contribution in [0.2, 0.25) is 0 Å². The molecule has 4 atom stereocenters. The van der Waals surface area contributed by atoms with E-state index in [0.29, 0.717) is 62.5 Å². The third kappa shape index (κ3) is 6.91. The number of aliphatic hydroxyl groups is 2. The van der Waals surface area contributed by atoms with Gasteiger partial charge in [0, 0.05) is 37.0 Å². The second-order valence-corrected chi connectivity index (χ2v) is 18.9. The van der Waals surface area contributed by atoms with Crippen LogP contribution in [-0.2, 0) is 10.8 Å². The second-order valence-electron chi connectivity index (χ2n) is 18.9. The fraction of sp³-hybridized carbons (Fsp3) is 0.377. The Bertz CT molecular complexity index is 2600. The van der Waals surface area contributed by atoms with Crippen LogP contribution in [0.3, 0.4) is 0 Å². The van der Waals surface area contributed by atoms with Gasteiger partial charge in [-0.25, -0.2) is 19.9 Å². The molecule has 328 valence electrons. The highest BCUT2D eigenvalue weighted by atomic mass is 16.5. The van der Waals surface area contributed by atoms with Gasteiger partial charge in [0.05, 0.1) is 38.8 Å². The van der Waals surface area contributed by atoms with Gasteiger partial charge < -0.3 is 29.5 Å².